The highest BCUT2D eigenvalue weighted by Crippen LogP contribution is 2.40. The molecule has 0 fully saturated rings. The summed E-state index contributed by atoms with van der Waals surface area (Å²) in [4.78, 5) is 29.1. The SMILES string of the molecule is COc1ccc(CC2c3cc(OC)c(OC)cc3CCN2CCCOC(=O)c2cccc3c(=O)c(C)c(-c4ccccc4)oc23)cc1OC.Cl. The first-order valence-electron chi connectivity index (χ1n) is 16.4. The van der Waals surface area contributed by atoms with E-state index in [4.69, 9.17) is 28.1 Å². The highest BCUT2D eigenvalue weighted by atomic mass is 35.5. The number of carbonyl (C=O) groups is 1. The second-order valence-electron chi connectivity index (χ2n) is 12.0. The van der Waals surface area contributed by atoms with Crippen molar-refractivity contribution >= 4 is 29.3 Å². The summed E-state index contributed by atoms with van der Waals surface area (Å²) in [5.74, 6) is 2.66. The number of hydrogen-bond donors (Lipinski definition) is 0. The van der Waals surface area contributed by atoms with Crippen LogP contribution in [0.4, 0.5) is 0 Å². The molecule has 9 nitrogen and oxygen atoms in total. The average Bonchev–Trinajstić information content (AvgIpc) is 3.14. The molecule has 1 unspecified atom stereocenters. The largest absolute Gasteiger partial charge is 0.493 e. The molecule has 0 bridgehead atoms. The lowest BCUT2D eigenvalue weighted by Crippen LogP contribution is -2.37. The van der Waals surface area contributed by atoms with Gasteiger partial charge in [-0.2, -0.15) is 0 Å². The lowest BCUT2D eigenvalue weighted by molar-refractivity contribution is 0.0479. The van der Waals surface area contributed by atoms with Gasteiger partial charge in [0.2, 0.25) is 0 Å². The third kappa shape index (κ3) is 7.29. The predicted octanol–water partition coefficient (Wildman–Crippen LogP) is 7.61. The molecule has 0 saturated heterocycles. The lowest BCUT2D eigenvalue weighted by atomic mass is 9.88. The van der Waals surface area contributed by atoms with E-state index in [1.54, 1.807) is 53.6 Å². The van der Waals surface area contributed by atoms with Gasteiger partial charge < -0.3 is 28.1 Å². The van der Waals surface area contributed by atoms with E-state index in [9.17, 15) is 9.59 Å². The van der Waals surface area contributed by atoms with Gasteiger partial charge in [-0.25, -0.2) is 4.79 Å². The molecule has 1 aliphatic heterocycles. The minimum absolute atomic E-state index is 0. The fourth-order valence-corrected chi connectivity index (χ4v) is 6.66. The van der Waals surface area contributed by atoms with Crippen LogP contribution in [0.15, 0.2) is 88.1 Å². The second kappa shape index (κ2) is 16.1. The van der Waals surface area contributed by atoms with Gasteiger partial charge in [-0.3, -0.25) is 9.69 Å². The van der Waals surface area contributed by atoms with E-state index in [1.165, 1.54) is 11.1 Å². The maximum atomic E-state index is 13.4. The van der Waals surface area contributed by atoms with Crippen LogP contribution in [0.3, 0.4) is 0 Å². The number of halogens is 1. The first-order valence-corrected chi connectivity index (χ1v) is 16.4. The number of rotatable bonds is 12. The number of ether oxygens (including phenoxy) is 5. The van der Waals surface area contributed by atoms with Crippen LogP contribution >= 0.6 is 12.4 Å². The Balaban J connectivity index is 0.00000486. The van der Waals surface area contributed by atoms with Crippen LogP contribution in [0.2, 0.25) is 0 Å². The van der Waals surface area contributed by atoms with Gasteiger partial charge in [-0.05, 0) is 79.3 Å². The average molecular weight is 700 g/mol. The molecule has 0 spiro atoms. The number of carbonyl (C=O) groups excluding carboxylic acids is 1. The van der Waals surface area contributed by atoms with E-state index in [-0.39, 0.29) is 41.6 Å². The van der Waals surface area contributed by atoms with Crippen LogP contribution in [0.5, 0.6) is 23.0 Å². The zero-order valence-electron chi connectivity index (χ0n) is 28.9. The Hall–Kier alpha value is -4.99. The van der Waals surface area contributed by atoms with Gasteiger partial charge in [0.15, 0.2) is 34.0 Å². The Morgan fingerprint density at radius 3 is 2.26 bits per heavy atom. The van der Waals surface area contributed by atoms with E-state index in [1.807, 2.05) is 42.5 Å². The molecule has 50 heavy (non-hydrogen) atoms. The maximum absolute atomic E-state index is 13.4. The van der Waals surface area contributed by atoms with Crippen molar-refractivity contribution in [3.63, 3.8) is 0 Å². The van der Waals surface area contributed by atoms with Crippen LogP contribution in [-0.2, 0) is 17.6 Å². The fraction of sp³-hybridized carbons (Fsp3) is 0.300. The summed E-state index contributed by atoms with van der Waals surface area (Å²) in [6.45, 7) is 3.46. The lowest BCUT2D eigenvalue weighted by Gasteiger charge is -2.38. The van der Waals surface area contributed by atoms with Crippen molar-refractivity contribution in [1.29, 1.82) is 0 Å². The molecule has 262 valence electrons. The van der Waals surface area contributed by atoms with Gasteiger partial charge in [-0.15, -0.1) is 12.4 Å². The van der Waals surface area contributed by atoms with E-state index >= 15 is 0 Å². The molecule has 1 aromatic heterocycles. The minimum atomic E-state index is -0.528. The van der Waals surface area contributed by atoms with Crippen molar-refractivity contribution in [3.05, 3.63) is 117 Å². The highest BCUT2D eigenvalue weighted by Gasteiger charge is 2.30. The van der Waals surface area contributed by atoms with Gasteiger partial charge in [0.05, 0.1) is 40.4 Å². The fourth-order valence-electron chi connectivity index (χ4n) is 6.66. The number of esters is 1. The van der Waals surface area contributed by atoms with E-state index in [0.717, 1.165) is 30.5 Å². The zero-order valence-corrected chi connectivity index (χ0v) is 29.8. The van der Waals surface area contributed by atoms with Gasteiger partial charge in [-0.1, -0.05) is 42.5 Å². The number of fused-ring (bicyclic) bond motifs is 2. The minimum Gasteiger partial charge on any atom is -0.493 e. The summed E-state index contributed by atoms with van der Waals surface area (Å²) >= 11 is 0. The van der Waals surface area contributed by atoms with Crippen molar-refractivity contribution in [2.24, 2.45) is 0 Å². The molecule has 6 rings (SSSR count). The summed E-state index contributed by atoms with van der Waals surface area (Å²) in [7, 11) is 6.56. The van der Waals surface area contributed by atoms with Crippen LogP contribution in [0.1, 0.15) is 45.1 Å². The molecule has 1 atom stereocenters. The van der Waals surface area contributed by atoms with E-state index < -0.39 is 5.97 Å². The third-order valence-corrected chi connectivity index (χ3v) is 9.21. The summed E-state index contributed by atoms with van der Waals surface area (Å²) < 4.78 is 34.4. The van der Waals surface area contributed by atoms with Crippen molar-refractivity contribution in [2.75, 3.05) is 48.1 Å². The predicted molar refractivity (Wildman–Crippen MR) is 196 cm³/mol. The quantitative estimate of drug-likeness (QED) is 0.0963. The zero-order chi connectivity index (χ0) is 34.5. The number of nitrogens with zero attached hydrogens (tertiary/aromatic N) is 1. The topological polar surface area (TPSA) is 96.7 Å². The van der Waals surface area contributed by atoms with Crippen molar-refractivity contribution in [1.82, 2.24) is 4.90 Å². The molecular formula is C40H42ClNO8. The Morgan fingerprint density at radius 1 is 0.840 bits per heavy atom. The standard InChI is InChI=1S/C40H41NO8.ClH/c1-25-37(42)29-13-9-14-30(39(29)49-38(25)27-11-7-6-8-12-27)40(43)48-20-10-18-41-19-17-28-23-35(46-4)36(47-5)24-31(28)32(41)21-26-15-16-33(44-2)34(22-26)45-3;/h6-9,11-16,22-24,32H,10,17-21H2,1-5H3;1H. The number of hydrogen-bond acceptors (Lipinski definition) is 9. The number of benzene rings is 4. The highest BCUT2D eigenvalue weighted by molar-refractivity contribution is 6.02. The Kier molecular flexibility index (Phi) is 11.7. The van der Waals surface area contributed by atoms with Crippen LogP contribution in [0.25, 0.3) is 22.3 Å². The monoisotopic (exact) mass is 699 g/mol. The second-order valence-corrected chi connectivity index (χ2v) is 12.0. The van der Waals surface area contributed by atoms with Crippen LogP contribution in [0, 0.1) is 6.92 Å². The molecule has 1 aliphatic rings. The van der Waals surface area contributed by atoms with Crippen molar-refractivity contribution in [3.8, 4) is 34.3 Å². The van der Waals surface area contributed by atoms with E-state index in [2.05, 4.69) is 23.1 Å². The van der Waals surface area contributed by atoms with Gasteiger partial charge in [0.25, 0.3) is 0 Å². The number of methoxy groups -OCH3 is 4. The van der Waals surface area contributed by atoms with E-state index in [0.29, 0.717) is 52.7 Å². The summed E-state index contributed by atoms with van der Waals surface area (Å²) in [5, 5.41) is 0.351. The molecule has 5 aromatic rings. The Labute approximate surface area is 298 Å². The first-order chi connectivity index (χ1) is 23.9. The normalized spacial score (nSPS) is 14.0. The van der Waals surface area contributed by atoms with Crippen molar-refractivity contribution < 1.29 is 32.9 Å². The summed E-state index contributed by atoms with van der Waals surface area (Å²) in [5.41, 5.74) is 5.04. The van der Waals surface area contributed by atoms with Gasteiger partial charge in [0.1, 0.15) is 11.3 Å². The summed E-state index contributed by atoms with van der Waals surface area (Å²) in [6.07, 6.45) is 2.18. The van der Waals surface area contributed by atoms with Crippen LogP contribution in [-0.4, -0.2) is 59.0 Å². The molecule has 0 saturated carbocycles. The van der Waals surface area contributed by atoms with Gasteiger partial charge >= 0.3 is 5.97 Å². The first kappa shape index (κ1) is 36.3. The maximum Gasteiger partial charge on any atom is 0.341 e. The summed E-state index contributed by atoms with van der Waals surface area (Å²) in [6, 6.07) is 24.6. The Bertz CT molecular complexity index is 2030. The molecule has 2 heterocycles. The molecule has 0 aliphatic carbocycles. The molecule has 10 heteroatoms. The molecule has 4 aromatic carbocycles. The molecule has 0 amide bonds. The molecule has 0 radical (unpaired) electrons. The van der Waals surface area contributed by atoms with Crippen molar-refractivity contribution in [2.45, 2.75) is 32.2 Å². The Morgan fingerprint density at radius 2 is 1.54 bits per heavy atom. The molecule has 0 N–H and O–H groups in total. The third-order valence-electron chi connectivity index (χ3n) is 9.21. The molecular weight excluding hydrogens is 658 g/mol. The van der Waals surface area contributed by atoms with Crippen LogP contribution < -0.4 is 24.4 Å². The number of para-hydroxylation sites is 1. The smallest absolute Gasteiger partial charge is 0.341 e. The van der Waals surface area contributed by atoms with Gasteiger partial charge in [0, 0.05) is 30.3 Å².